The molecule has 0 saturated carbocycles. The van der Waals surface area contributed by atoms with E-state index in [1.165, 1.54) is 11.3 Å². The first kappa shape index (κ1) is 14.1. The van der Waals surface area contributed by atoms with Crippen LogP contribution < -0.4 is 10.2 Å². The average molecular weight is 329 g/mol. The molecule has 4 rings (SSSR count). The molecule has 0 aromatic carbocycles. The van der Waals surface area contributed by atoms with Crippen LogP contribution in [0.5, 0.6) is 0 Å². The van der Waals surface area contributed by atoms with Crippen LogP contribution in [-0.2, 0) is 0 Å². The van der Waals surface area contributed by atoms with Crippen LogP contribution in [-0.4, -0.2) is 49.6 Å². The van der Waals surface area contributed by atoms with Gasteiger partial charge in [-0.1, -0.05) is 0 Å². The van der Waals surface area contributed by atoms with Crippen LogP contribution in [0.25, 0.3) is 5.65 Å². The number of aryl methyl sites for hydroxylation is 1. The molecule has 1 aliphatic rings. The Hall–Kier alpha value is -2.55. The van der Waals surface area contributed by atoms with E-state index in [9.17, 15) is 4.79 Å². The number of amides is 1. The SMILES string of the molecule is Cc1nc(C(=O)NC2CCN(c3nccn4cnnc34)C2)cs1. The van der Waals surface area contributed by atoms with E-state index in [4.69, 9.17) is 0 Å². The lowest BCUT2D eigenvalue weighted by atomic mass is 10.2. The largest absolute Gasteiger partial charge is 0.351 e. The Labute approximate surface area is 136 Å². The van der Waals surface area contributed by atoms with Gasteiger partial charge in [0.25, 0.3) is 5.91 Å². The van der Waals surface area contributed by atoms with Crippen LogP contribution in [0.1, 0.15) is 21.9 Å². The van der Waals surface area contributed by atoms with Crippen molar-refractivity contribution in [3.8, 4) is 0 Å². The monoisotopic (exact) mass is 329 g/mol. The summed E-state index contributed by atoms with van der Waals surface area (Å²) in [6, 6.07) is 0.0782. The smallest absolute Gasteiger partial charge is 0.271 e. The minimum absolute atomic E-state index is 0.0782. The standard InChI is InChI=1S/C14H15N7OS/c1-9-17-11(7-23-9)14(22)18-10-2-4-20(6-10)12-13-19-16-8-21(13)5-3-15-12/h3,5,7-8,10H,2,4,6H2,1H3,(H,18,22). The summed E-state index contributed by atoms with van der Waals surface area (Å²) in [5.41, 5.74) is 1.22. The van der Waals surface area contributed by atoms with E-state index < -0.39 is 0 Å². The predicted molar refractivity (Wildman–Crippen MR) is 85.7 cm³/mol. The number of thiazole rings is 1. The number of fused-ring (bicyclic) bond motifs is 1. The second-order valence-electron chi connectivity index (χ2n) is 5.47. The van der Waals surface area contributed by atoms with Crippen LogP contribution in [0.3, 0.4) is 0 Å². The van der Waals surface area contributed by atoms with Gasteiger partial charge < -0.3 is 10.2 Å². The molecule has 118 valence electrons. The zero-order valence-corrected chi connectivity index (χ0v) is 13.3. The van der Waals surface area contributed by atoms with Gasteiger partial charge in [-0.05, 0) is 13.3 Å². The van der Waals surface area contributed by atoms with Crippen LogP contribution in [0.4, 0.5) is 5.82 Å². The van der Waals surface area contributed by atoms with Gasteiger partial charge in [0, 0.05) is 36.9 Å². The highest BCUT2D eigenvalue weighted by Gasteiger charge is 2.27. The summed E-state index contributed by atoms with van der Waals surface area (Å²) < 4.78 is 1.84. The number of hydrogen-bond donors (Lipinski definition) is 1. The van der Waals surface area contributed by atoms with Gasteiger partial charge in [-0.3, -0.25) is 9.20 Å². The number of anilines is 1. The lowest BCUT2D eigenvalue weighted by Gasteiger charge is -2.17. The van der Waals surface area contributed by atoms with Crippen molar-refractivity contribution < 1.29 is 4.79 Å². The van der Waals surface area contributed by atoms with Gasteiger partial charge >= 0.3 is 0 Å². The second-order valence-corrected chi connectivity index (χ2v) is 6.53. The number of carbonyl (C=O) groups excluding carboxylic acids is 1. The molecule has 9 heteroatoms. The molecule has 8 nitrogen and oxygen atoms in total. The van der Waals surface area contributed by atoms with Crippen molar-refractivity contribution >= 4 is 28.7 Å². The Bertz CT molecular complexity index is 858. The highest BCUT2D eigenvalue weighted by Crippen LogP contribution is 2.21. The second kappa shape index (κ2) is 5.58. The molecule has 1 aliphatic heterocycles. The third-order valence-corrected chi connectivity index (χ3v) is 4.65. The summed E-state index contributed by atoms with van der Waals surface area (Å²) in [5, 5.41) is 13.7. The van der Waals surface area contributed by atoms with Gasteiger partial charge in [0.15, 0.2) is 5.82 Å². The third-order valence-electron chi connectivity index (χ3n) is 3.87. The topological polar surface area (TPSA) is 88.3 Å². The highest BCUT2D eigenvalue weighted by atomic mass is 32.1. The van der Waals surface area contributed by atoms with Crippen molar-refractivity contribution in [1.29, 1.82) is 0 Å². The summed E-state index contributed by atoms with van der Waals surface area (Å²) in [5.74, 6) is 0.682. The van der Waals surface area contributed by atoms with Crippen molar-refractivity contribution in [2.75, 3.05) is 18.0 Å². The summed E-state index contributed by atoms with van der Waals surface area (Å²) in [6.45, 7) is 3.42. The van der Waals surface area contributed by atoms with E-state index >= 15 is 0 Å². The molecule has 23 heavy (non-hydrogen) atoms. The zero-order chi connectivity index (χ0) is 15.8. The Morgan fingerprint density at radius 2 is 2.39 bits per heavy atom. The fraction of sp³-hybridized carbons (Fsp3) is 0.357. The molecule has 0 aliphatic carbocycles. The third kappa shape index (κ3) is 2.63. The number of carbonyl (C=O) groups is 1. The lowest BCUT2D eigenvalue weighted by Crippen LogP contribution is -2.37. The van der Waals surface area contributed by atoms with Gasteiger partial charge in [-0.2, -0.15) is 0 Å². The number of hydrogen-bond acceptors (Lipinski definition) is 7. The van der Waals surface area contributed by atoms with Gasteiger partial charge in [0.05, 0.1) is 5.01 Å². The highest BCUT2D eigenvalue weighted by molar-refractivity contribution is 7.09. The van der Waals surface area contributed by atoms with Crippen molar-refractivity contribution in [3.63, 3.8) is 0 Å². The van der Waals surface area contributed by atoms with Crippen molar-refractivity contribution in [1.82, 2.24) is 29.9 Å². The average Bonchev–Trinajstić information content (AvgIpc) is 3.26. The number of nitrogens with zero attached hydrogens (tertiary/aromatic N) is 6. The molecule has 0 spiro atoms. The fourth-order valence-corrected chi connectivity index (χ4v) is 3.36. The fourth-order valence-electron chi connectivity index (χ4n) is 2.77. The van der Waals surface area contributed by atoms with E-state index in [0.29, 0.717) is 12.2 Å². The van der Waals surface area contributed by atoms with Gasteiger partial charge in [0.2, 0.25) is 5.65 Å². The molecule has 0 bridgehead atoms. The maximum absolute atomic E-state index is 12.2. The van der Waals surface area contributed by atoms with Gasteiger partial charge in [0.1, 0.15) is 12.0 Å². The Morgan fingerprint density at radius 3 is 3.22 bits per heavy atom. The molecular formula is C14H15N7OS. The van der Waals surface area contributed by atoms with Crippen molar-refractivity contribution in [2.24, 2.45) is 0 Å². The molecule has 1 unspecified atom stereocenters. The number of nitrogens with one attached hydrogen (secondary N) is 1. The van der Waals surface area contributed by atoms with E-state index in [0.717, 1.165) is 29.4 Å². The Balaban J connectivity index is 1.47. The first-order valence-electron chi connectivity index (χ1n) is 7.33. The van der Waals surface area contributed by atoms with E-state index in [-0.39, 0.29) is 11.9 Å². The summed E-state index contributed by atoms with van der Waals surface area (Å²) in [6.07, 6.45) is 6.07. The number of rotatable bonds is 3. The van der Waals surface area contributed by atoms with Gasteiger partial charge in [-0.15, -0.1) is 21.5 Å². The molecule has 1 amide bonds. The zero-order valence-electron chi connectivity index (χ0n) is 12.5. The minimum Gasteiger partial charge on any atom is -0.351 e. The first-order chi connectivity index (χ1) is 11.2. The van der Waals surface area contributed by atoms with E-state index in [2.05, 4.69) is 30.4 Å². The van der Waals surface area contributed by atoms with Crippen molar-refractivity contribution in [2.45, 2.75) is 19.4 Å². The molecule has 3 aromatic rings. The van der Waals surface area contributed by atoms with Crippen LogP contribution >= 0.6 is 11.3 Å². The van der Waals surface area contributed by atoms with Crippen LogP contribution in [0, 0.1) is 6.92 Å². The van der Waals surface area contributed by atoms with Crippen LogP contribution in [0.2, 0.25) is 0 Å². The summed E-state index contributed by atoms with van der Waals surface area (Å²) in [7, 11) is 0. The van der Waals surface area contributed by atoms with Crippen molar-refractivity contribution in [3.05, 3.63) is 34.8 Å². The minimum atomic E-state index is -0.116. The molecule has 4 heterocycles. The van der Waals surface area contributed by atoms with E-state index in [1.807, 2.05) is 17.5 Å². The molecule has 1 atom stereocenters. The number of aromatic nitrogens is 5. The Morgan fingerprint density at radius 1 is 1.48 bits per heavy atom. The maximum Gasteiger partial charge on any atom is 0.271 e. The molecular weight excluding hydrogens is 314 g/mol. The summed E-state index contributed by atoms with van der Waals surface area (Å²) >= 11 is 1.48. The molecule has 3 aromatic heterocycles. The van der Waals surface area contributed by atoms with Crippen LogP contribution in [0.15, 0.2) is 24.1 Å². The Kier molecular flexibility index (Phi) is 3.41. The molecule has 1 saturated heterocycles. The predicted octanol–water partition coefficient (Wildman–Crippen LogP) is 0.898. The lowest BCUT2D eigenvalue weighted by molar-refractivity contribution is 0.0936. The molecule has 1 fully saturated rings. The maximum atomic E-state index is 12.2. The van der Waals surface area contributed by atoms with Gasteiger partial charge in [-0.25, -0.2) is 9.97 Å². The first-order valence-corrected chi connectivity index (χ1v) is 8.21. The molecule has 1 N–H and O–H groups in total. The normalized spacial score (nSPS) is 17.8. The quantitative estimate of drug-likeness (QED) is 0.768. The molecule has 0 radical (unpaired) electrons. The van der Waals surface area contributed by atoms with E-state index in [1.54, 1.807) is 17.9 Å². The summed E-state index contributed by atoms with van der Waals surface area (Å²) in [4.78, 5) is 23.0.